The van der Waals surface area contributed by atoms with E-state index in [0.717, 1.165) is 44.1 Å². The number of rotatable bonds is 29. The quantitative estimate of drug-likeness (QED) is 0.0840. The number of amides is 1. The maximum Gasteiger partial charge on any atom is 0.247 e. The highest BCUT2D eigenvalue weighted by molar-refractivity contribution is 5.96. The summed E-state index contributed by atoms with van der Waals surface area (Å²) in [7, 11) is 0. The fourth-order valence-corrected chi connectivity index (χ4v) is 5.26. The standard InChI is InChI=1S/C33H63NO5/c1-3-4-5-6-7-13-16-19-22-31(35)27-38-24-25-39-28-32(36)23-20-17-14-11-9-8-10-12-15-18-21-30-26-29(2)34-33(30)37/h26,29,31-32,35-36H,3-25,27-28H2,1-2H3,(H,34,37)/t29-,31-,32-/m0/s1. The topological polar surface area (TPSA) is 88.0 Å². The second-order valence-corrected chi connectivity index (χ2v) is 11.7. The van der Waals surface area contributed by atoms with Crippen LogP contribution in [0.5, 0.6) is 0 Å². The zero-order chi connectivity index (χ0) is 28.4. The van der Waals surface area contributed by atoms with Gasteiger partial charge in [0.15, 0.2) is 0 Å². The first kappa shape index (κ1) is 36.1. The number of nitrogens with one attached hydrogen (secondary N) is 1. The summed E-state index contributed by atoms with van der Waals surface area (Å²) < 4.78 is 11.1. The molecule has 1 amide bonds. The highest BCUT2D eigenvalue weighted by Crippen LogP contribution is 2.17. The van der Waals surface area contributed by atoms with E-state index in [1.165, 1.54) is 96.3 Å². The third-order valence-corrected chi connectivity index (χ3v) is 7.72. The molecule has 6 nitrogen and oxygen atoms in total. The minimum Gasteiger partial charge on any atom is -0.391 e. The molecular formula is C33H63NO5. The normalized spacial score (nSPS) is 16.9. The summed E-state index contributed by atoms with van der Waals surface area (Å²) in [5.41, 5.74) is 0.976. The summed E-state index contributed by atoms with van der Waals surface area (Å²) in [5.74, 6) is 0.128. The molecule has 0 spiro atoms. The van der Waals surface area contributed by atoms with Crippen molar-refractivity contribution in [3.63, 3.8) is 0 Å². The van der Waals surface area contributed by atoms with Gasteiger partial charge in [0.2, 0.25) is 5.91 Å². The maximum atomic E-state index is 11.7. The van der Waals surface area contributed by atoms with Gasteiger partial charge < -0.3 is 25.0 Å². The molecule has 0 saturated carbocycles. The number of carbonyl (C=O) groups excluding carboxylic acids is 1. The van der Waals surface area contributed by atoms with Crippen LogP contribution in [0.1, 0.15) is 149 Å². The Morgan fingerprint density at radius 3 is 1.51 bits per heavy atom. The van der Waals surface area contributed by atoms with E-state index in [-0.39, 0.29) is 18.1 Å². The molecule has 1 aliphatic rings. The molecule has 0 aromatic carbocycles. The second kappa shape index (κ2) is 26.0. The van der Waals surface area contributed by atoms with Crippen molar-refractivity contribution in [2.24, 2.45) is 0 Å². The van der Waals surface area contributed by atoms with E-state index in [4.69, 9.17) is 9.47 Å². The summed E-state index contributed by atoms with van der Waals surface area (Å²) >= 11 is 0. The van der Waals surface area contributed by atoms with Gasteiger partial charge in [0.25, 0.3) is 0 Å². The van der Waals surface area contributed by atoms with Crippen LogP contribution in [0, 0.1) is 0 Å². The van der Waals surface area contributed by atoms with Crippen LogP contribution in [0.2, 0.25) is 0 Å². The van der Waals surface area contributed by atoms with Crippen LogP contribution in [-0.2, 0) is 14.3 Å². The van der Waals surface area contributed by atoms with Gasteiger partial charge in [0.1, 0.15) is 0 Å². The summed E-state index contributed by atoms with van der Waals surface area (Å²) in [6.45, 7) is 5.94. The minimum absolute atomic E-state index is 0.128. The number of unbranched alkanes of at least 4 members (excludes halogenated alkanes) is 16. The van der Waals surface area contributed by atoms with Crippen molar-refractivity contribution in [1.29, 1.82) is 0 Å². The molecule has 230 valence electrons. The average molecular weight is 554 g/mol. The number of hydrogen-bond acceptors (Lipinski definition) is 5. The van der Waals surface area contributed by atoms with Gasteiger partial charge in [-0.1, -0.05) is 122 Å². The van der Waals surface area contributed by atoms with Crippen LogP contribution in [0.4, 0.5) is 0 Å². The number of aliphatic hydroxyl groups is 2. The third kappa shape index (κ3) is 22.4. The molecule has 0 unspecified atom stereocenters. The molecular weight excluding hydrogens is 490 g/mol. The maximum absolute atomic E-state index is 11.7. The Morgan fingerprint density at radius 1 is 0.692 bits per heavy atom. The van der Waals surface area contributed by atoms with Gasteiger partial charge in [-0.15, -0.1) is 0 Å². The number of aliphatic hydroxyl groups excluding tert-OH is 2. The van der Waals surface area contributed by atoms with Crippen molar-refractivity contribution in [1.82, 2.24) is 5.32 Å². The average Bonchev–Trinajstić information content (AvgIpc) is 3.24. The SMILES string of the molecule is CCCCCCCCCC[C@H](O)COCCOC[C@@H](O)CCCCCCCCCCCCC1=C[C@H](C)NC1=O. The Labute approximate surface area is 240 Å². The van der Waals surface area contributed by atoms with E-state index in [0.29, 0.717) is 26.4 Å². The van der Waals surface area contributed by atoms with Gasteiger partial charge in [-0.25, -0.2) is 0 Å². The minimum atomic E-state index is -0.396. The largest absolute Gasteiger partial charge is 0.391 e. The molecule has 39 heavy (non-hydrogen) atoms. The smallest absolute Gasteiger partial charge is 0.247 e. The number of carbonyl (C=O) groups is 1. The first-order chi connectivity index (χ1) is 19.0. The van der Waals surface area contributed by atoms with E-state index in [1.54, 1.807) is 0 Å². The lowest BCUT2D eigenvalue weighted by Crippen LogP contribution is -2.24. The molecule has 6 heteroatoms. The lowest BCUT2D eigenvalue weighted by Gasteiger charge is -2.13. The van der Waals surface area contributed by atoms with Gasteiger partial charge in [-0.3, -0.25) is 4.79 Å². The van der Waals surface area contributed by atoms with Crippen LogP contribution in [0.25, 0.3) is 0 Å². The zero-order valence-electron chi connectivity index (χ0n) is 25.6. The predicted molar refractivity (Wildman–Crippen MR) is 162 cm³/mol. The molecule has 0 aromatic rings. The highest BCUT2D eigenvalue weighted by atomic mass is 16.5. The van der Waals surface area contributed by atoms with E-state index >= 15 is 0 Å². The van der Waals surface area contributed by atoms with Gasteiger partial charge in [0, 0.05) is 11.6 Å². The summed E-state index contributed by atoms with van der Waals surface area (Å²) in [6.07, 6.45) is 26.3. The lowest BCUT2D eigenvalue weighted by molar-refractivity contribution is -0.117. The number of ether oxygens (including phenoxy) is 2. The van der Waals surface area contributed by atoms with E-state index < -0.39 is 6.10 Å². The van der Waals surface area contributed by atoms with E-state index in [9.17, 15) is 15.0 Å². The molecule has 0 bridgehead atoms. The fourth-order valence-electron chi connectivity index (χ4n) is 5.26. The summed E-state index contributed by atoms with van der Waals surface area (Å²) in [4.78, 5) is 11.7. The van der Waals surface area contributed by atoms with Crippen molar-refractivity contribution in [2.75, 3.05) is 26.4 Å². The Kier molecular flexibility index (Phi) is 24.0. The van der Waals surface area contributed by atoms with E-state index in [2.05, 4.69) is 18.3 Å². The summed E-state index contributed by atoms with van der Waals surface area (Å²) in [6, 6.07) is 0.203. The van der Waals surface area contributed by atoms with Crippen molar-refractivity contribution >= 4 is 5.91 Å². The van der Waals surface area contributed by atoms with Crippen molar-refractivity contribution in [2.45, 2.75) is 167 Å². The highest BCUT2D eigenvalue weighted by Gasteiger charge is 2.18. The molecule has 0 aromatic heterocycles. The third-order valence-electron chi connectivity index (χ3n) is 7.72. The predicted octanol–water partition coefficient (Wildman–Crippen LogP) is 7.40. The lowest BCUT2D eigenvalue weighted by atomic mass is 10.0. The van der Waals surface area contributed by atoms with E-state index in [1.807, 2.05) is 6.92 Å². The molecule has 3 N–H and O–H groups in total. The van der Waals surface area contributed by atoms with Crippen molar-refractivity contribution in [3.05, 3.63) is 11.6 Å². The molecule has 1 aliphatic heterocycles. The second-order valence-electron chi connectivity index (χ2n) is 11.7. The van der Waals surface area contributed by atoms with Crippen molar-refractivity contribution < 1.29 is 24.5 Å². The first-order valence-electron chi connectivity index (χ1n) is 16.6. The molecule has 0 saturated heterocycles. The van der Waals surface area contributed by atoms with Gasteiger partial charge >= 0.3 is 0 Å². The van der Waals surface area contributed by atoms with Crippen LogP contribution < -0.4 is 5.32 Å². The monoisotopic (exact) mass is 553 g/mol. The fraction of sp³-hybridized carbons (Fsp3) is 0.909. The first-order valence-corrected chi connectivity index (χ1v) is 16.6. The molecule has 0 radical (unpaired) electrons. The molecule has 0 aliphatic carbocycles. The Morgan fingerprint density at radius 2 is 1.10 bits per heavy atom. The van der Waals surface area contributed by atoms with Crippen molar-refractivity contribution in [3.8, 4) is 0 Å². The van der Waals surface area contributed by atoms with Gasteiger partial charge in [-0.2, -0.15) is 0 Å². The van der Waals surface area contributed by atoms with Crippen LogP contribution in [0.15, 0.2) is 11.6 Å². The zero-order valence-corrected chi connectivity index (χ0v) is 25.6. The van der Waals surface area contributed by atoms with Crippen LogP contribution >= 0.6 is 0 Å². The molecule has 3 atom stereocenters. The Balaban J connectivity index is 1.76. The van der Waals surface area contributed by atoms with Crippen LogP contribution in [-0.4, -0.2) is 60.8 Å². The number of hydrogen-bond donors (Lipinski definition) is 3. The Bertz CT molecular complexity index is 597. The molecule has 1 heterocycles. The Hall–Kier alpha value is -0.950. The van der Waals surface area contributed by atoms with Gasteiger partial charge in [0.05, 0.1) is 38.6 Å². The van der Waals surface area contributed by atoms with Gasteiger partial charge in [-0.05, 0) is 32.6 Å². The van der Waals surface area contributed by atoms with Crippen LogP contribution in [0.3, 0.4) is 0 Å². The summed E-state index contributed by atoms with van der Waals surface area (Å²) in [5, 5.41) is 23.1. The molecule has 0 fully saturated rings. The molecule has 1 rings (SSSR count).